The molecule has 39 heavy (non-hydrogen) atoms. The number of hydrogen-bond donors (Lipinski definition) is 1. The number of tetrazole rings is 1. The number of aromatic nitrogens is 5. The molecule has 1 aliphatic carbocycles. The zero-order valence-electron chi connectivity index (χ0n) is 22.5. The van der Waals surface area contributed by atoms with Gasteiger partial charge in [-0.1, -0.05) is 49.6 Å². The molecule has 0 spiro atoms. The molecule has 1 aliphatic rings. The molecule has 0 saturated heterocycles. The molecule has 2 aromatic carbocycles. The van der Waals surface area contributed by atoms with Gasteiger partial charge in [-0.3, -0.25) is 9.69 Å². The van der Waals surface area contributed by atoms with E-state index in [4.69, 9.17) is 4.42 Å². The molecule has 1 fully saturated rings. The van der Waals surface area contributed by atoms with E-state index in [1.165, 1.54) is 12.0 Å². The van der Waals surface area contributed by atoms with Crippen LogP contribution < -0.4 is 5.56 Å². The first kappa shape index (κ1) is 25.2. The van der Waals surface area contributed by atoms with Gasteiger partial charge in [0.05, 0.1) is 18.8 Å². The van der Waals surface area contributed by atoms with Gasteiger partial charge >= 0.3 is 0 Å². The van der Waals surface area contributed by atoms with E-state index in [1.807, 2.05) is 47.1 Å². The third kappa shape index (κ3) is 5.29. The molecule has 1 saturated carbocycles. The maximum atomic E-state index is 13.8. The van der Waals surface area contributed by atoms with Gasteiger partial charge in [0.1, 0.15) is 11.8 Å². The summed E-state index contributed by atoms with van der Waals surface area (Å²) in [7, 11) is 0. The molecular weight excluding hydrogens is 488 g/mol. The van der Waals surface area contributed by atoms with Gasteiger partial charge in [0, 0.05) is 17.6 Å². The van der Waals surface area contributed by atoms with Crippen LogP contribution in [-0.2, 0) is 13.1 Å². The van der Waals surface area contributed by atoms with Gasteiger partial charge in [-0.25, -0.2) is 4.68 Å². The Morgan fingerprint density at radius 1 is 1.00 bits per heavy atom. The number of nitrogens with zero attached hydrogens (tertiary/aromatic N) is 5. The lowest BCUT2D eigenvalue weighted by molar-refractivity contribution is 0.173. The molecule has 5 aromatic rings. The Balaban J connectivity index is 1.53. The van der Waals surface area contributed by atoms with Crippen molar-refractivity contribution in [1.82, 2.24) is 30.1 Å². The average molecular weight is 523 g/mol. The van der Waals surface area contributed by atoms with Gasteiger partial charge in [0.25, 0.3) is 5.56 Å². The highest BCUT2D eigenvalue weighted by Crippen LogP contribution is 2.34. The molecule has 8 heteroatoms. The molecule has 8 nitrogen and oxygen atoms in total. The van der Waals surface area contributed by atoms with E-state index in [0.717, 1.165) is 53.5 Å². The highest BCUT2D eigenvalue weighted by molar-refractivity contribution is 5.81. The van der Waals surface area contributed by atoms with Crippen molar-refractivity contribution in [3.05, 3.63) is 111 Å². The van der Waals surface area contributed by atoms with Crippen LogP contribution in [0.5, 0.6) is 0 Å². The predicted molar refractivity (Wildman–Crippen MR) is 150 cm³/mol. The summed E-state index contributed by atoms with van der Waals surface area (Å²) in [6, 6.07) is 20.1. The molecule has 0 aliphatic heterocycles. The Hall–Kier alpha value is -4.04. The van der Waals surface area contributed by atoms with Crippen LogP contribution in [0.4, 0.5) is 0 Å². The summed E-state index contributed by atoms with van der Waals surface area (Å²) >= 11 is 0. The van der Waals surface area contributed by atoms with Gasteiger partial charge in [-0.15, -0.1) is 5.10 Å². The minimum absolute atomic E-state index is 0.133. The van der Waals surface area contributed by atoms with E-state index in [2.05, 4.69) is 57.5 Å². The van der Waals surface area contributed by atoms with Crippen molar-refractivity contribution >= 4 is 10.9 Å². The maximum absolute atomic E-state index is 13.8. The first-order chi connectivity index (χ1) is 19.1. The van der Waals surface area contributed by atoms with Gasteiger partial charge in [0.2, 0.25) is 0 Å². The number of furan rings is 1. The lowest BCUT2D eigenvalue weighted by Crippen LogP contribution is -2.35. The Morgan fingerprint density at radius 3 is 2.56 bits per heavy atom. The quantitative estimate of drug-likeness (QED) is 0.268. The van der Waals surface area contributed by atoms with Crippen LogP contribution in [-0.4, -0.2) is 30.1 Å². The largest absolute Gasteiger partial charge is 0.468 e. The van der Waals surface area contributed by atoms with E-state index in [-0.39, 0.29) is 11.6 Å². The van der Waals surface area contributed by atoms with Gasteiger partial charge in [-0.05, 0) is 89.5 Å². The van der Waals surface area contributed by atoms with Crippen molar-refractivity contribution in [1.29, 1.82) is 0 Å². The van der Waals surface area contributed by atoms with E-state index >= 15 is 0 Å². The second kappa shape index (κ2) is 11.0. The highest BCUT2D eigenvalue weighted by atomic mass is 16.3. The van der Waals surface area contributed by atoms with Gasteiger partial charge in [0.15, 0.2) is 5.82 Å². The predicted octanol–water partition coefficient (Wildman–Crippen LogP) is 6.02. The van der Waals surface area contributed by atoms with Crippen molar-refractivity contribution in [3.63, 3.8) is 0 Å². The van der Waals surface area contributed by atoms with Crippen molar-refractivity contribution in [3.8, 4) is 0 Å². The Bertz CT molecular complexity index is 1600. The summed E-state index contributed by atoms with van der Waals surface area (Å²) in [5.74, 6) is 1.51. The topological polar surface area (TPSA) is 92.8 Å². The number of aromatic amines is 1. The second-order valence-electron chi connectivity index (χ2n) is 10.7. The van der Waals surface area contributed by atoms with Gasteiger partial charge in [-0.2, -0.15) is 0 Å². The van der Waals surface area contributed by atoms with Gasteiger partial charge < -0.3 is 9.40 Å². The molecule has 3 aromatic heterocycles. The number of fused-ring (bicyclic) bond motifs is 1. The fraction of sp³-hybridized carbons (Fsp3) is 0.355. The van der Waals surface area contributed by atoms with Crippen LogP contribution in [0.25, 0.3) is 10.9 Å². The highest BCUT2D eigenvalue weighted by Gasteiger charge is 2.33. The molecule has 1 N–H and O–H groups in total. The van der Waals surface area contributed by atoms with Crippen molar-refractivity contribution in [2.75, 3.05) is 0 Å². The zero-order chi connectivity index (χ0) is 26.8. The van der Waals surface area contributed by atoms with E-state index in [9.17, 15) is 4.79 Å². The fourth-order valence-electron chi connectivity index (χ4n) is 5.82. The number of nitrogens with one attached hydrogen (secondary N) is 1. The monoisotopic (exact) mass is 522 g/mol. The van der Waals surface area contributed by atoms with E-state index in [0.29, 0.717) is 24.5 Å². The first-order valence-electron chi connectivity index (χ1n) is 13.8. The molecule has 0 amide bonds. The Labute approximate surface area is 227 Å². The number of rotatable bonds is 8. The second-order valence-corrected chi connectivity index (χ2v) is 10.7. The molecule has 200 valence electrons. The molecule has 3 heterocycles. The van der Waals surface area contributed by atoms with Crippen molar-refractivity contribution in [2.24, 2.45) is 0 Å². The minimum atomic E-state index is -0.484. The summed E-state index contributed by atoms with van der Waals surface area (Å²) < 4.78 is 7.78. The third-order valence-corrected chi connectivity index (χ3v) is 8.00. The van der Waals surface area contributed by atoms with Crippen LogP contribution in [0.15, 0.2) is 76.1 Å². The summed E-state index contributed by atoms with van der Waals surface area (Å²) in [5, 5.41) is 14.2. The molecule has 0 bridgehead atoms. The molecular formula is C31H34N6O2. The molecule has 6 rings (SSSR count). The Kier molecular flexibility index (Phi) is 7.11. The number of H-pyrrole nitrogens is 1. The van der Waals surface area contributed by atoms with Crippen molar-refractivity contribution in [2.45, 2.75) is 71.1 Å². The molecule has 0 unspecified atom stereocenters. The summed E-state index contributed by atoms with van der Waals surface area (Å²) in [6.45, 7) is 5.25. The van der Waals surface area contributed by atoms with Crippen LogP contribution in [0.2, 0.25) is 0 Å². The fourth-order valence-corrected chi connectivity index (χ4v) is 5.82. The number of pyridine rings is 1. The third-order valence-electron chi connectivity index (χ3n) is 8.00. The number of hydrogen-bond acceptors (Lipinski definition) is 6. The zero-order valence-corrected chi connectivity index (χ0v) is 22.5. The summed E-state index contributed by atoms with van der Waals surface area (Å²) in [4.78, 5) is 19.2. The van der Waals surface area contributed by atoms with Crippen LogP contribution in [0.1, 0.15) is 78.0 Å². The van der Waals surface area contributed by atoms with E-state index in [1.54, 1.807) is 6.26 Å². The summed E-state index contributed by atoms with van der Waals surface area (Å²) in [5.41, 5.74) is 4.78. The smallest absolute Gasteiger partial charge is 0.253 e. The lowest BCUT2D eigenvalue weighted by atomic mass is 9.95. The normalized spacial score (nSPS) is 15.3. The first-order valence-corrected chi connectivity index (χ1v) is 13.8. The van der Waals surface area contributed by atoms with Crippen LogP contribution >= 0.6 is 0 Å². The number of aryl methyl sites for hydroxylation is 2. The SMILES string of the molecule is Cc1cc2cc([C@@H](c3nnnn3C3CCCCC3)N(Cc3ccccc3)Cc3ccco3)c(=O)[nH]c2cc1C. The molecule has 0 radical (unpaired) electrons. The van der Waals surface area contributed by atoms with Crippen LogP contribution in [0.3, 0.4) is 0 Å². The minimum Gasteiger partial charge on any atom is -0.468 e. The summed E-state index contributed by atoms with van der Waals surface area (Å²) in [6.07, 6.45) is 7.31. The van der Waals surface area contributed by atoms with E-state index < -0.39 is 6.04 Å². The number of benzene rings is 2. The lowest BCUT2D eigenvalue weighted by Gasteiger charge is -2.32. The Morgan fingerprint density at radius 2 is 1.79 bits per heavy atom. The molecule has 1 atom stereocenters. The average Bonchev–Trinajstić information content (AvgIpc) is 3.64. The van der Waals surface area contributed by atoms with Crippen molar-refractivity contribution < 1.29 is 4.42 Å². The van der Waals surface area contributed by atoms with Crippen LogP contribution in [0, 0.1) is 13.8 Å². The maximum Gasteiger partial charge on any atom is 0.253 e. The standard InChI is InChI=1S/C31H34N6O2/c1-21-16-24-18-27(31(38)32-28(24)17-22(21)2)29(30-33-34-35-37(30)25-12-7-4-8-13-25)36(20-26-14-9-15-39-26)19-23-10-5-3-6-11-23/h3,5-6,9-11,14-18,25,29H,4,7-8,12-13,19-20H2,1-2H3,(H,32,38)/t29-/m0/s1.